The molecule has 0 spiro atoms. The number of carbonyl (C=O) groups excluding carboxylic acids is 1. The van der Waals surface area contributed by atoms with Crippen molar-refractivity contribution in [3.05, 3.63) is 0 Å². The lowest BCUT2D eigenvalue weighted by Gasteiger charge is -2.41. The summed E-state index contributed by atoms with van der Waals surface area (Å²) < 4.78 is 5.42. The average Bonchev–Trinajstić information content (AvgIpc) is 2.33. The maximum atomic E-state index is 12.1. The SMILES string of the molecule is CCC(C)N(CC(=O)O)C(=O)NCC1(OC)CCC1. The van der Waals surface area contributed by atoms with Gasteiger partial charge in [0.25, 0.3) is 0 Å². The van der Waals surface area contributed by atoms with E-state index in [0.717, 1.165) is 25.7 Å². The van der Waals surface area contributed by atoms with Crippen molar-refractivity contribution in [2.45, 2.75) is 51.2 Å². The standard InChI is InChI=1S/C13H24N2O4/c1-4-10(2)15(8-11(16)17)12(18)14-9-13(19-3)6-5-7-13/h10H,4-9H2,1-3H3,(H,14,18)(H,16,17). The first-order valence-electron chi connectivity index (χ1n) is 6.75. The third kappa shape index (κ3) is 4.09. The monoisotopic (exact) mass is 272 g/mol. The number of hydrogen-bond donors (Lipinski definition) is 2. The van der Waals surface area contributed by atoms with Crippen molar-refractivity contribution in [2.75, 3.05) is 20.2 Å². The quantitative estimate of drug-likeness (QED) is 0.735. The van der Waals surface area contributed by atoms with Gasteiger partial charge in [-0.3, -0.25) is 4.79 Å². The van der Waals surface area contributed by atoms with Crippen LogP contribution in [0.4, 0.5) is 4.79 Å². The van der Waals surface area contributed by atoms with Crippen molar-refractivity contribution in [3.63, 3.8) is 0 Å². The van der Waals surface area contributed by atoms with E-state index in [9.17, 15) is 9.59 Å². The highest BCUT2D eigenvalue weighted by Crippen LogP contribution is 2.34. The average molecular weight is 272 g/mol. The Morgan fingerprint density at radius 3 is 2.47 bits per heavy atom. The molecule has 0 heterocycles. The molecule has 6 heteroatoms. The highest BCUT2D eigenvalue weighted by atomic mass is 16.5. The summed E-state index contributed by atoms with van der Waals surface area (Å²) in [5.41, 5.74) is -0.250. The van der Waals surface area contributed by atoms with Crippen LogP contribution in [-0.2, 0) is 9.53 Å². The molecule has 1 saturated carbocycles. The van der Waals surface area contributed by atoms with Crippen molar-refractivity contribution < 1.29 is 19.4 Å². The molecule has 0 aromatic heterocycles. The zero-order valence-electron chi connectivity index (χ0n) is 11.9. The van der Waals surface area contributed by atoms with Gasteiger partial charge in [0.1, 0.15) is 6.54 Å². The summed E-state index contributed by atoms with van der Waals surface area (Å²) in [5, 5.41) is 11.7. The lowest BCUT2D eigenvalue weighted by molar-refractivity contribution is -0.138. The van der Waals surface area contributed by atoms with Crippen molar-refractivity contribution in [1.82, 2.24) is 10.2 Å². The zero-order valence-corrected chi connectivity index (χ0v) is 11.9. The maximum absolute atomic E-state index is 12.1. The first-order valence-corrected chi connectivity index (χ1v) is 6.75. The van der Waals surface area contributed by atoms with E-state index in [1.165, 1.54) is 4.90 Å². The Hall–Kier alpha value is -1.30. The molecule has 1 fully saturated rings. The Morgan fingerprint density at radius 1 is 1.47 bits per heavy atom. The zero-order chi connectivity index (χ0) is 14.5. The fourth-order valence-corrected chi connectivity index (χ4v) is 2.16. The van der Waals surface area contributed by atoms with Crippen molar-refractivity contribution >= 4 is 12.0 Å². The minimum atomic E-state index is -0.999. The highest BCUT2D eigenvalue weighted by molar-refractivity contribution is 5.80. The summed E-state index contributed by atoms with van der Waals surface area (Å²) >= 11 is 0. The summed E-state index contributed by atoms with van der Waals surface area (Å²) in [6.07, 6.45) is 3.70. The highest BCUT2D eigenvalue weighted by Gasteiger charge is 2.37. The molecule has 1 aliphatic carbocycles. The van der Waals surface area contributed by atoms with Crippen LogP contribution in [0.25, 0.3) is 0 Å². The van der Waals surface area contributed by atoms with Crippen molar-refractivity contribution in [3.8, 4) is 0 Å². The molecule has 2 N–H and O–H groups in total. The summed E-state index contributed by atoms with van der Waals surface area (Å²) in [5.74, 6) is -0.999. The number of methoxy groups -OCH3 is 1. The number of nitrogens with one attached hydrogen (secondary N) is 1. The third-order valence-electron chi connectivity index (χ3n) is 3.95. The number of ether oxygens (including phenoxy) is 1. The van der Waals surface area contributed by atoms with Gasteiger partial charge in [-0.25, -0.2) is 4.79 Å². The van der Waals surface area contributed by atoms with E-state index in [2.05, 4.69) is 5.32 Å². The number of carboxylic acid groups (broad SMARTS) is 1. The number of carboxylic acids is 1. The Bertz CT molecular complexity index is 323. The maximum Gasteiger partial charge on any atom is 0.323 e. The molecule has 110 valence electrons. The van der Waals surface area contributed by atoms with Gasteiger partial charge in [-0.1, -0.05) is 6.92 Å². The number of aliphatic carboxylic acids is 1. The van der Waals surface area contributed by atoms with E-state index >= 15 is 0 Å². The van der Waals surface area contributed by atoms with Crippen LogP contribution in [-0.4, -0.2) is 53.8 Å². The Morgan fingerprint density at radius 2 is 2.11 bits per heavy atom. The minimum Gasteiger partial charge on any atom is -0.480 e. The van der Waals surface area contributed by atoms with Crippen LogP contribution in [0.1, 0.15) is 39.5 Å². The van der Waals surface area contributed by atoms with E-state index < -0.39 is 5.97 Å². The number of carbonyl (C=O) groups is 2. The van der Waals surface area contributed by atoms with Gasteiger partial charge in [0, 0.05) is 19.7 Å². The first kappa shape index (κ1) is 15.8. The van der Waals surface area contributed by atoms with E-state index in [1.54, 1.807) is 7.11 Å². The van der Waals surface area contributed by atoms with Crippen LogP contribution in [0, 0.1) is 0 Å². The van der Waals surface area contributed by atoms with E-state index in [4.69, 9.17) is 9.84 Å². The van der Waals surface area contributed by atoms with E-state index in [1.807, 2.05) is 13.8 Å². The molecule has 1 aliphatic rings. The Balaban J connectivity index is 2.54. The number of nitrogens with zero attached hydrogens (tertiary/aromatic N) is 1. The fourth-order valence-electron chi connectivity index (χ4n) is 2.16. The van der Waals surface area contributed by atoms with Crippen molar-refractivity contribution in [2.24, 2.45) is 0 Å². The van der Waals surface area contributed by atoms with Gasteiger partial charge >= 0.3 is 12.0 Å². The van der Waals surface area contributed by atoms with E-state index in [-0.39, 0.29) is 24.2 Å². The van der Waals surface area contributed by atoms with Gasteiger partial charge in [0.05, 0.1) is 5.60 Å². The second kappa shape index (κ2) is 6.75. The van der Waals surface area contributed by atoms with Crippen molar-refractivity contribution in [1.29, 1.82) is 0 Å². The third-order valence-corrected chi connectivity index (χ3v) is 3.95. The van der Waals surface area contributed by atoms with Crippen LogP contribution < -0.4 is 5.32 Å². The lowest BCUT2D eigenvalue weighted by Crippen LogP contribution is -2.54. The number of amides is 2. The molecule has 0 aromatic carbocycles. The van der Waals surface area contributed by atoms with Gasteiger partial charge < -0.3 is 20.1 Å². The van der Waals surface area contributed by atoms with Crippen LogP contribution in [0.2, 0.25) is 0 Å². The summed E-state index contributed by atoms with van der Waals surface area (Å²) in [6, 6.07) is -0.434. The van der Waals surface area contributed by atoms with Gasteiger partial charge in [-0.2, -0.15) is 0 Å². The normalized spacial score (nSPS) is 18.3. The van der Waals surface area contributed by atoms with Gasteiger partial charge in [0.2, 0.25) is 0 Å². The molecule has 0 aliphatic heterocycles. The van der Waals surface area contributed by atoms with E-state index in [0.29, 0.717) is 6.54 Å². The summed E-state index contributed by atoms with van der Waals surface area (Å²) in [7, 11) is 1.65. The molecule has 1 unspecified atom stereocenters. The molecule has 0 radical (unpaired) electrons. The molecule has 6 nitrogen and oxygen atoms in total. The van der Waals surface area contributed by atoms with Crippen LogP contribution in [0.5, 0.6) is 0 Å². The molecular weight excluding hydrogens is 248 g/mol. The molecular formula is C13H24N2O4. The molecule has 19 heavy (non-hydrogen) atoms. The second-order valence-electron chi connectivity index (χ2n) is 5.18. The molecule has 1 rings (SSSR count). The van der Waals surface area contributed by atoms with Crippen LogP contribution >= 0.6 is 0 Å². The topological polar surface area (TPSA) is 78.9 Å². The van der Waals surface area contributed by atoms with Gasteiger partial charge in [0.15, 0.2) is 0 Å². The predicted molar refractivity (Wildman–Crippen MR) is 71.1 cm³/mol. The number of urea groups is 1. The smallest absolute Gasteiger partial charge is 0.323 e. The molecule has 0 saturated heterocycles. The fraction of sp³-hybridized carbons (Fsp3) is 0.846. The molecule has 1 atom stereocenters. The van der Waals surface area contributed by atoms with Crippen LogP contribution in [0.15, 0.2) is 0 Å². The Kier molecular flexibility index (Phi) is 5.60. The van der Waals surface area contributed by atoms with Gasteiger partial charge in [-0.05, 0) is 32.6 Å². The van der Waals surface area contributed by atoms with Gasteiger partial charge in [-0.15, -0.1) is 0 Å². The second-order valence-corrected chi connectivity index (χ2v) is 5.18. The number of hydrogen-bond acceptors (Lipinski definition) is 3. The predicted octanol–water partition coefficient (Wildman–Crippen LogP) is 1.45. The summed E-state index contributed by atoms with van der Waals surface area (Å²) in [4.78, 5) is 24.2. The first-order chi connectivity index (χ1) is 8.94. The number of rotatable bonds is 7. The Labute approximate surface area is 114 Å². The lowest BCUT2D eigenvalue weighted by atomic mass is 9.80. The largest absolute Gasteiger partial charge is 0.480 e. The molecule has 0 bridgehead atoms. The summed E-state index contributed by atoms with van der Waals surface area (Å²) in [6.45, 7) is 3.93. The minimum absolute atomic E-state index is 0.101. The van der Waals surface area contributed by atoms with Crippen LogP contribution in [0.3, 0.4) is 0 Å². The molecule has 0 aromatic rings. The molecule has 2 amide bonds.